The van der Waals surface area contributed by atoms with Crippen LogP contribution in [0.1, 0.15) is 49.3 Å². The Morgan fingerprint density at radius 2 is 1.92 bits per heavy atom. The summed E-state index contributed by atoms with van der Waals surface area (Å²) in [5.74, 6) is 2.77. The highest BCUT2D eigenvalue weighted by Gasteiger charge is 2.46. The Kier molecular flexibility index (Phi) is 3.58. The fourth-order valence-electron chi connectivity index (χ4n) is 4.25. The van der Waals surface area contributed by atoms with Crippen LogP contribution in [0.2, 0.25) is 0 Å². The highest BCUT2D eigenvalue weighted by molar-refractivity contribution is 5.53. The van der Waals surface area contributed by atoms with Crippen molar-refractivity contribution in [3.8, 4) is 0 Å². The number of fused-ring (bicyclic) bond motifs is 2. The number of rotatable bonds is 4. The Morgan fingerprint density at radius 1 is 1.15 bits per heavy atom. The van der Waals surface area contributed by atoms with E-state index in [1.807, 2.05) is 13.8 Å². The van der Waals surface area contributed by atoms with Crippen LogP contribution in [0.4, 0.5) is 16.0 Å². The molecule has 4 aliphatic rings. The van der Waals surface area contributed by atoms with Gasteiger partial charge in [0.1, 0.15) is 18.0 Å². The maximum absolute atomic E-state index is 14.6. The minimum Gasteiger partial charge on any atom is -0.350 e. The van der Waals surface area contributed by atoms with E-state index in [1.54, 1.807) is 0 Å². The van der Waals surface area contributed by atoms with Gasteiger partial charge < -0.3 is 9.80 Å². The summed E-state index contributed by atoms with van der Waals surface area (Å²) in [5, 5.41) is 0. The van der Waals surface area contributed by atoms with E-state index in [9.17, 15) is 4.39 Å². The number of halogens is 1. The fourth-order valence-corrected chi connectivity index (χ4v) is 4.25. The highest BCUT2D eigenvalue weighted by Crippen LogP contribution is 2.41. The van der Waals surface area contributed by atoms with Gasteiger partial charge in [-0.1, -0.05) is 6.92 Å². The summed E-state index contributed by atoms with van der Waals surface area (Å²) in [6.07, 6.45) is 5.60. The number of nitrogens with zero attached hydrogens (tertiary/aromatic N) is 6. The molecule has 7 heteroatoms. The minimum absolute atomic E-state index is 0.267. The topological polar surface area (TPSA) is 58.0 Å². The van der Waals surface area contributed by atoms with Gasteiger partial charge in [-0.25, -0.2) is 24.3 Å². The third-order valence-electron chi connectivity index (χ3n) is 5.74. The third kappa shape index (κ3) is 2.52. The molecule has 0 radical (unpaired) electrons. The van der Waals surface area contributed by atoms with Crippen LogP contribution in [0, 0.1) is 12.7 Å². The zero-order chi connectivity index (χ0) is 17.8. The van der Waals surface area contributed by atoms with E-state index < -0.39 is 0 Å². The molecule has 0 amide bonds. The summed E-state index contributed by atoms with van der Waals surface area (Å²) in [7, 11) is 0. The van der Waals surface area contributed by atoms with Crippen LogP contribution in [-0.2, 0) is 6.42 Å². The van der Waals surface area contributed by atoms with Gasteiger partial charge in [-0.2, -0.15) is 0 Å². The van der Waals surface area contributed by atoms with Crippen molar-refractivity contribution in [3.05, 3.63) is 35.4 Å². The van der Waals surface area contributed by atoms with Crippen LogP contribution in [-0.4, -0.2) is 45.1 Å². The molecule has 2 atom stereocenters. The van der Waals surface area contributed by atoms with Gasteiger partial charge in [0.05, 0.1) is 17.8 Å². The largest absolute Gasteiger partial charge is 0.350 e. The van der Waals surface area contributed by atoms with E-state index in [-0.39, 0.29) is 5.82 Å². The zero-order valence-electron chi connectivity index (χ0n) is 15.2. The van der Waals surface area contributed by atoms with Gasteiger partial charge in [0, 0.05) is 30.8 Å². The lowest BCUT2D eigenvalue weighted by Gasteiger charge is -2.57. The Labute approximate surface area is 152 Å². The summed E-state index contributed by atoms with van der Waals surface area (Å²) in [6.45, 7) is 5.51. The van der Waals surface area contributed by atoms with Crippen molar-refractivity contribution in [3.63, 3.8) is 0 Å². The number of hydrogen-bond donors (Lipinski definition) is 0. The molecule has 2 unspecified atom stereocenters. The van der Waals surface area contributed by atoms with Gasteiger partial charge in [0.15, 0.2) is 11.6 Å². The first-order valence-corrected chi connectivity index (χ1v) is 9.52. The first-order chi connectivity index (χ1) is 12.6. The molecule has 4 fully saturated rings. The molecule has 1 aliphatic carbocycles. The van der Waals surface area contributed by atoms with Crippen LogP contribution in [0.3, 0.4) is 0 Å². The number of aromatic nitrogens is 4. The van der Waals surface area contributed by atoms with Crippen LogP contribution in [0.25, 0.3) is 0 Å². The summed E-state index contributed by atoms with van der Waals surface area (Å²) >= 11 is 0. The van der Waals surface area contributed by atoms with Gasteiger partial charge in [-0.15, -0.1) is 0 Å². The van der Waals surface area contributed by atoms with E-state index in [1.165, 1.54) is 19.2 Å². The smallest absolute Gasteiger partial charge is 0.187 e. The normalized spacial score (nSPS) is 24.6. The van der Waals surface area contributed by atoms with E-state index in [4.69, 9.17) is 4.98 Å². The molecule has 2 bridgehead atoms. The van der Waals surface area contributed by atoms with Crippen LogP contribution < -0.4 is 9.80 Å². The number of hydrogen-bond acceptors (Lipinski definition) is 6. The van der Waals surface area contributed by atoms with Gasteiger partial charge in [-0.3, -0.25) is 0 Å². The molecule has 26 heavy (non-hydrogen) atoms. The Morgan fingerprint density at radius 3 is 2.62 bits per heavy atom. The molecular weight excluding hydrogens is 331 g/mol. The molecule has 5 heterocycles. The van der Waals surface area contributed by atoms with Crippen molar-refractivity contribution >= 4 is 11.6 Å². The molecule has 2 aromatic rings. The van der Waals surface area contributed by atoms with E-state index in [0.717, 1.165) is 36.8 Å². The van der Waals surface area contributed by atoms with Crippen LogP contribution in [0.5, 0.6) is 0 Å². The maximum atomic E-state index is 14.6. The van der Waals surface area contributed by atoms with Crippen molar-refractivity contribution in [2.45, 2.75) is 57.5 Å². The molecule has 1 saturated carbocycles. The fraction of sp³-hybridized carbons (Fsp3) is 0.579. The Bertz CT molecular complexity index is 840. The number of piperazine rings is 1. The second-order valence-electron chi connectivity index (χ2n) is 7.67. The second kappa shape index (κ2) is 5.86. The summed E-state index contributed by atoms with van der Waals surface area (Å²) in [5.41, 5.74) is 1.53. The monoisotopic (exact) mass is 354 g/mol. The molecule has 6 rings (SSSR count). The lowest BCUT2D eigenvalue weighted by molar-refractivity contribution is 0.285. The van der Waals surface area contributed by atoms with Gasteiger partial charge >= 0.3 is 0 Å². The van der Waals surface area contributed by atoms with Crippen LogP contribution in [0.15, 0.2) is 12.4 Å². The second-order valence-corrected chi connectivity index (χ2v) is 7.67. The maximum Gasteiger partial charge on any atom is 0.187 e. The molecule has 3 aliphatic heterocycles. The lowest BCUT2D eigenvalue weighted by Crippen LogP contribution is -2.69. The number of piperidine rings is 1. The van der Waals surface area contributed by atoms with E-state index in [2.05, 4.69) is 30.8 Å². The number of aryl methyl sites for hydroxylation is 2. The lowest BCUT2D eigenvalue weighted by atomic mass is 9.87. The highest BCUT2D eigenvalue weighted by atomic mass is 19.1. The summed E-state index contributed by atoms with van der Waals surface area (Å²) in [4.78, 5) is 22.2. The van der Waals surface area contributed by atoms with E-state index >= 15 is 0 Å². The third-order valence-corrected chi connectivity index (χ3v) is 5.74. The van der Waals surface area contributed by atoms with Crippen molar-refractivity contribution in [1.29, 1.82) is 0 Å². The molecule has 2 aromatic heterocycles. The SMILES string of the molecule is CCc1ncnc(N2CC3CC(C2)N3c2cc(C)nc(C3CC3)n2)c1F. The quantitative estimate of drug-likeness (QED) is 0.841. The zero-order valence-corrected chi connectivity index (χ0v) is 15.2. The first-order valence-electron chi connectivity index (χ1n) is 9.52. The van der Waals surface area contributed by atoms with Crippen molar-refractivity contribution < 1.29 is 4.39 Å². The molecule has 136 valence electrons. The Balaban J connectivity index is 1.38. The Hall–Kier alpha value is -2.31. The van der Waals surface area contributed by atoms with Gasteiger partial charge in [0.2, 0.25) is 0 Å². The van der Waals surface area contributed by atoms with Crippen LogP contribution >= 0.6 is 0 Å². The first kappa shape index (κ1) is 15.9. The predicted octanol–water partition coefficient (Wildman–Crippen LogP) is 2.62. The van der Waals surface area contributed by atoms with Gasteiger partial charge in [0.25, 0.3) is 0 Å². The van der Waals surface area contributed by atoms with E-state index in [0.29, 0.717) is 35.9 Å². The predicted molar refractivity (Wildman–Crippen MR) is 97.0 cm³/mol. The average Bonchev–Trinajstić information content (AvgIpc) is 3.46. The minimum atomic E-state index is -0.267. The summed E-state index contributed by atoms with van der Waals surface area (Å²) < 4.78 is 14.6. The van der Waals surface area contributed by atoms with Crippen molar-refractivity contribution in [1.82, 2.24) is 19.9 Å². The molecule has 0 N–H and O–H groups in total. The summed E-state index contributed by atoms with van der Waals surface area (Å²) in [6, 6.07) is 2.80. The molecule has 3 saturated heterocycles. The molecule has 0 spiro atoms. The number of anilines is 2. The van der Waals surface area contributed by atoms with Crippen molar-refractivity contribution in [2.75, 3.05) is 22.9 Å². The molecule has 0 aromatic carbocycles. The van der Waals surface area contributed by atoms with Gasteiger partial charge in [-0.05, 0) is 32.6 Å². The standard InChI is InChI=1S/C19H23FN6/c1-3-15-17(20)19(22-10-21-15)25-8-13-7-14(9-25)26(13)16-6-11(2)23-18(24-16)12-4-5-12/h6,10,12-14H,3-5,7-9H2,1-2H3. The molecule has 6 nitrogen and oxygen atoms in total. The molecular formula is C19H23FN6. The average molecular weight is 354 g/mol. The van der Waals surface area contributed by atoms with Crippen molar-refractivity contribution in [2.24, 2.45) is 0 Å².